The summed E-state index contributed by atoms with van der Waals surface area (Å²) in [6.07, 6.45) is 0.939. The smallest absolute Gasteiger partial charge is 0.340 e. The van der Waals surface area contributed by atoms with Gasteiger partial charge in [0.05, 0.1) is 6.61 Å². The molecule has 0 bridgehead atoms. The van der Waals surface area contributed by atoms with E-state index in [4.69, 9.17) is 14.5 Å². The quantitative estimate of drug-likeness (QED) is 0.518. The molecule has 136 valence electrons. The van der Waals surface area contributed by atoms with Crippen molar-refractivity contribution in [2.24, 2.45) is 5.92 Å². The largest absolute Gasteiger partial charge is 0.477 e. The summed E-state index contributed by atoms with van der Waals surface area (Å²) in [6, 6.07) is 3.92. The van der Waals surface area contributed by atoms with E-state index in [0.717, 1.165) is 6.07 Å². The summed E-state index contributed by atoms with van der Waals surface area (Å²) < 4.78 is 58.8. The zero-order valence-corrected chi connectivity index (χ0v) is 15.1. The number of hydrogen-bond donors (Lipinski definition) is 2. The van der Waals surface area contributed by atoms with Crippen LogP contribution in [0.25, 0.3) is 10.8 Å². The van der Waals surface area contributed by atoms with Gasteiger partial charge in [0.15, 0.2) is 0 Å². The molecule has 0 radical (unpaired) electrons. The molecule has 1 fully saturated rings. The average Bonchev–Trinajstić information content (AvgIpc) is 2.49. The maximum atomic E-state index is 13.9. The first-order valence-electron chi connectivity index (χ1n) is 7.25. The molecule has 1 saturated carbocycles. The molecule has 0 atom stereocenters. The molecule has 0 spiro atoms. The first-order valence-corrected chi connectivity index (χ1v) is 9.29. The molecule has 2 aromatic rings. The number of pyridine rings is 1. The van der Waals surface area contributed by atoms with Gasteiger partial charge in [-0.05, 0) is 17.5 Å². The van der Waals surface area contributed by atoms with Gasteiger partial charge in [-0.25, -0.2) is 13.8 Å². The number of rotatable bonds is 5. The molecule has 2 N–H and O–H groups in total. The van der Waals surface area contributed by atoms with Crippen LogP contribution >= 0.6 is 24.3 Å². The van der Waals surface area contributed by atoms with Crippen LogP contribution in [0.1, 0.15) is 18.4 Å². The van der Waals surface area contributed by atoms with Crippen molar-refractivity contribution in [2.45, 2.75) is 24.4 Å². The predicted molar refractivity (Wildman–Crippen MR) is 87.9 cm³/mol. The fourth-order valence-electron chi connectivity index (χ4n) is 2.67. The monoisotopic (exact) mass is 441 g/mol. The van der Waals surface area contributed by atoms with Gasteiger partial charge in [0.25, 0.3) is 0 Å². The molecule has 1 aliphatic carbocycles. The van der Waals surface area contributed by atoms with Gasteiger partial charge < -0.3 is 14.5 Å². The third-order valence-corrected chi connectivity index (χ3v) is 5.40. The molecule has 1 heterocycles. The number of alkyl halides is 4. The van der Waals surface area contributed by atoms with Gasteiger partial charge in [0.2, 0.25) is 20.2 Å². The summed E-state index contributed by atoms with van der Waals surface area (Å²) in [5.41, 5.74) is -4.36. The van der Waals surface area contributed by atoms with Gasteiger partial charge in [-0.2, -0.15) is 8.78 Å². The normalized spacial score (nSPS) is 17.8. The Bertz CT molecular complexity index is 798. The Labute approximate surface area is 149 Å². The van der Waals surface area contributed by atoms with E-state index in [1.165, 1.54) is 18.3 Å². The maximum Gasteiger partial charge on any atom is 0.340 e. The van der Waals surface area contributed by atoms with Crippen molar-refractivity contribution < 1.29 is 32.1 Å². The van der Waals surface area contributed by atoms with E-state index in [9.17, 15) is 17.6 Å². The van der Waals surface area contributed by atoms with Crippen molar-refractivity contribution in [2.75, 3.05) is 6.61 Å². The van der Waals surface area contributed by atoms with Crippen molar-refractivity contribution in [1.29, 1.82) is 0 Å². The first kappa shape index (κ1) is 18.8. The molecule has 1 aromatic heterocycles. The van der Waals surface area contributed by atoms with Crippen molar-refractivity contribution >= 4 is 35.1 Å². The summed E-state index contributed by atoms with van der Waals surface area (Å²) in [5, 5.41) is 0.896. The Morgan fingerprint density at radius 3 is 2.52 bits per heavy atom. The van der Waals surface area contributed by atoms with Gasteiger partial charge in [-0.15, -0.1) is 0 Å². The number of hydrogen-bond acceptors (Lipinski definition) is 4. The van der Waals surface area contributed by atoms with Gasteiger partial charge >= 0.3 is 5.66 Å². The molecule has 0 unspecified atom stereocenters. The Morgan fingerprint density at radius 2 is 1.92 bits per heavy atom. The lowest BCUT2D eigenvalue weighted by Crippen LogP contribution is -2.38. The fraction of sp³-hybridized carbons (Fsp3) is 0.400. The van der Waals surface area contributed by atoms with Crippen LogP contribution in [0.3, 0.4) is 0 Å². The molecule has 0 amide bonds. The maximum absolute atomic E-state index is 13.9. The highest BCUT2D eigenvalue weighted by atomic mass is 79.9. The molecule has 1 aromatic carbocycles. The highest BCUT2D eigenvalue weighted by Gasteiger charge is 2.45. The second-order valence-electron chi connectivity index (χ2n) is 5.97. The van der Waals surface area contributed by atoms with Crippen LogP contribution in [0.2, 0.25) is 0 Å². The average molecular weight is 442 g/mol. The summed E-state index contributed by atoms with van der Waals surface area (Å²) in [6.45, 7) is 0.0756. The predicted octanol–water partition coefficient (Wildman–Crippen LogP) is 4.77. The van der Waals surface area contributed by atoms with Gasteiger partial charge in [-0.3, -0.25) is 0 Å². The Balaban J connectivity index is 1.83. The summed E-state index contributed by atoms with van der Waals surface area (Å²) in [7, 11) is -3.50. The van der Waals surface area contributed by atoms with E-state index in [-0.39, 0.29) is 35.7 Å². The lowest BCUT2D eigenvalue weighted by molar-refractivity contribution is -0.119. The van der Waals surface area contributed by atoms with Crippen LogP contribution in [-0.4, -0.2) is 27.3 Å². The van der Waals surface area contributed by atoms with E-state index < -0.39 is 25.5 Å². The van der Waals surface area contributed by atoms with Gasteiger partial charge in [0.1, 0.15) is 0 Å². The number of aromatic nitrogens is 1. The summed E-state index contributed by atoms with van der Waals surface area (Å²) >= 11 is 3.00. The second kappa shape index (κ2) is 6.61. The highest BCUT2D eigenvalue weighted by molar-refractivity contribution is 9.10. The third kappa shape index (κ3) is 3.89. The molecule has 0 saturated heterocycles. The van der Waals surface area contributed by atoms with E-state index >= 15 is 0 Å². The summed E-state index contributed by atoms with van der Waals surface area (Å²) in [5.74, 6) is -2.76. The van der Waals surface area contributed by atoms with Gasteiger partial charge in [-0.1, -0.05) is 15.9 Å². The molecule has 25 heavy (non-hydrogen) atoms. The molecule has 0 aliphatic heterocycles. The number of halogens is 5. The van der Waals surface area contributed by atoms with E-state index in [2.05, 4.69) is 20.9 Å². The minimum absolute atomic E-state index is 0.0211. The summed E-state index contributed by atoms with van der Waals surface area (Å²) in [4.78, 5) is 21.9. The Kier molecular flexibility index (Phi) is 4.96. The topological polar surface area (TPSA) is 62.6 Å². The van der Waals surface area contributed by atoms with Crippen molar-refractivity contribution in [1.82, 2.24) is 4.98 Å². The van der Waals surface area contributed by atoms with Crippen molar-refractivity contribution in [3.05, 3.63) is 34.4 Å². The SMILES string of the molecule is OP(O)C(F)(F)c1cc2cc(OCC3CC(F)(F)C3)ncc2cc1Br. The number of ether oxygens (including phenoxy) is 1. The van der Waals surface area contributed by atoms with E-state index in [1.54, 1.807) is 0 Å². The fourth-order valence-corrected chi connectivity index (χ4v) is 3.83. The lowest BCUT2D eigenvalue weighted by Gasteiger charge is -2.34. The molecule has 3 rings (SSSR count). The van der Waals surface area contributed by atoms with Crippen LogP contribution in [-0.2, 0) is 5.66 Å². The Hall–Kier alpha value is -1.02. The van der Waals surface area contributed by atoms with Crippen LogP contribution in [0.15, 0.2) is 28.9 Å². The zero-order valence-electron chi connectivity index (χ0n) is 12.6. The molecular weight excluding hydrogens is 429 g/mol. The highest BCUT2D eigenvalue weighted by Crippen LogP contribution is 2.54. The second-order valence-corrected chi connectivity index (χ2v) is 7.97. The standard InChI is InChI=1S/C15H13BrF4NO3P/c16-12-2-10-6-21-13(24-7-8-4-14(17,18)5-8)3-9(10)1-11(12)15(19,20)25(22)23/h1-3,6,8,22-23H,4-5,7H2. The van der Waals surface area contributed by atoms with Gasteiger partial charge in [0, 0.05) is 46.4 Å². The number of nitrogens with zero attached hydrogens (tertiary/aromatic N) is 1. The lowest BCUT2D eigenvalue weighted by atomic mass is 9.82. The van der Waals surface area contributed by atoms with E-state index in [1.807, 2.05) is 0 Å². The third-order valence-electron chi connectivity index (χ3n) is 4.00. The molecule has 4 nitrogen and oxygen atoms in total. The van der Waals surface area contributed by atoms with Crippen LogP contribution in [0, 0.1) is 5.92 Å². The zero-order chi connectivity index (χ0) is 18.4. The van der Waals surface area contributed by atoms with Crippen LogP contribution in [0.4, 0.5) is 17.6 Å². The van der Waals surface area contributed by atoms with Crippen molar-refractivity contribution in [3.8, 4) is 5.88 Å². The number of fused-ring (bicyclic) bond motifs is 1. The molecular formula is C15H13BrF4NO3P. The van der Waals surface area contributed by atoms with E-state index in [0.29, 0.717) is 10.8 Å². The van der Waals surface area contributed by atoms with Crippen LogP contribution < -0.4 is 4.74 Å². The molecule has 1 aliphatic rings. The molecule has 10 heteroatoms. The minimum atomic E-state index is -3.80. The number of benzene rings is 1. The van der Waals surface area contributed by atoms with Crippen LogP contribution in [0.5, 0.6) is 5.88 Å². The van der Waals surface area contributed by atoms with Crippen molar-refractivity contribution in [3.63, 3.8) is 0 Å². The first-order chi connectivity index (χ1) is 11.6. The minimum Gasteiger partial charge on any atom is -0.477 e. The Morgan fingerprint density at radius 1 is 1.24 bits per heavy atom.